The molecule has 35 heavy (non-hydrogen) atoms. The fourth-order valence-electron chi connectivity index (χ4n) is 3.50. The number of nitrogens with zero attached hydrogens (tertiary/aromatic N) is 3. The van der Waals surface area contributed by atoms with Crippen molar-refractivity contribution in [3.8, 4) is 17.2 Å². The van der Waals surface area contributed by atoms with Crippen molar-refractivity contribution in [3.05, 3.63) is 92.6 Å². The Morgan fingerprint density at radius 1 is 0.886 bits per heavy atom. The Labute approximate surface area is 227 Å². The van der Waals surface area contributed by atoms with Crippen molar-refractivity contribution in [2.45, 2.75) is 31.2 Å². The van der Waals surface area contributed by atoms with Crippen LogP contribution in [-0.2, 0) is 12.2 Å². The molecule has 0 saturated heterocycles. The molecule has 0 N–H and O–H groups in total. The Balaban J connectivity index is 1.56. The molecule has 3 aromatic carbocycles. The van der Waals surface area contributed by atoms with Gasteiger partial charge >= 0.3 is 0 Å². The number of thioether (sulfide) groups is 1. The Hall–Kier alpha value is -2.29. The van der Waals surface area contributed by atoms with Gasteiger partial charge in [-0.2, -0.15) is 0 Å². The number of halogens is 2. The van der Waals surface area contributed by atoms with E-state index in [1.165, 1.54) is 5.56 Å². The van der Waals surface area contributed by atoms with Gasteiger partial charge in [0, 0.05) is 17.9 Å². The second-order valence-electron chi connectivity index (χ2n) is 8.47. The molecule has 5 nitrogen and oxygen atoms in total. The Kier molecular flexibility index (Phi) is 8.92. The summed E-state index contributed by atoms with van der Waals surface area (Å²) in [7, 11) is 1.67. The Morgan fingerprint density at radius 3 is 2.26 bits per heavy atom. The van der Waals surface area contributed by atoms with Crippen LogP contribution in [0.2, 0.25) is 0 Å². The smallest absolute Gasteiger partial charge is 0.196 e. The zero-order valence-electron chi connectivity index (χ0n) is 19.9. The number of hydrogen-bond acceptors (Lipinski definition) is 5. The molecule has 1 aromatic heterocycles. The molecule has 0 bridgehead atoms. The van der Waals surface area contributed by atoms with E-state index in [1.54, 1.807) is 18.9 Å². The van der Waals surface area contributed by atoms with Gasteiger partial charge in [-0.3, -0.25) is 4.57 Å². The third-order valence-electron chi connectivity index (χ3n) is 5.23. The molecule has 0 unspecified atom stereocenters. The molecular formula is C27H27Br2N3O2S. The predicted molar refractivity (Wildman–Crippen MR) is 149 cm³/mol. The van der Waals surface area contributed by atoms with Gasteiger partial charge in [-0.05, 0) is 85.3 Å². The second kappa shape index (κ2) is 12.1. The van der Waals surface area contributed by atoms with Crippen LogP contribution in [0.25, 0.3) is 5.69 Å². The highest BCUT2D eigenvalue weighted by molar-refractivity contribution is 9.10. The fraction of sp³-hybridized carbons (Fsp3) is 0.259. The fourth-order valence-corrected chi connectivity index (χ4v) is 5.55. The maximum absolute atomic E-state index is 5.88. The second-order valence-corrected chi connectivity index (χ2v) is 11.1. The van der Waals surface area contributed by atoms with Gasteiger partial charge in [0.1, 0.15) is 17.3 Å². The molecule has 8 heteroatoms. The van der Waals surface area contributed by atoms with Crippen molar-refractivity contribution in [1.82, 2.24) is 14.8 Å². The number of para-hydroxylation sites is 1. The van der Waals surface area contributed by atoms with E-state index < -0.39 is 0 Å². The van der Waals surface area contributed by atoms with Crippen LogP contribution < -0.4 is 9.47 Å². The topological polar surface area (TPSA) is 49.2 Å². The number of methoxy groups -OCH3 is 1. The van der Waals surface area contributed by atoms with Crippen molar-refractivity contribution >= 4 is 43.6 Å². The molecule has 0 aliphatic carbocycles. The lowest BCUT2D eigenvalue weighted by atomic mass is 10.1. The lowest BCUT2D eigenvalue weighted by Gasteiger charge is -2.12. The van der Waals surface area contributed by atoms with Crippen LogP contribution in [0.4, 0.5) is 0 Å². The maximum Gasteiger partial charge on any atom is 0.196 e. The third-order valence-corrected chi connectivity index (χ3v) is 7.47. The van der Waals surface area contributed by atoms with E-state index in [9.17, 15) is 0 Å². The van der Waals surface area contributed by atoms with Crippen molar-refractivity contribution < 1.29 is 9.47 Å². The minimum Gasteiger partial charge on any atom is -0.496 e. The van der Waals surface area contributed by atoms with Crippen LogP contribution in [0.15, 0.2) is 80.8 Å². The van der Waals surface area contributed by atoms with E-state index in [2.05, 4.69) is 96.9 Å². The number of hydrogen-bond donors (Lipinski definition) is 0. The number of rotatable bonds is 10. The van der Waals surface area contributed by atoms with E-state index in [1.807, 2.05) is 30.3 Å². The van der Waals surface area contributed by atoms with E-state index >= 15 is 0 Å². The highest BCUT2D eigenvalue weighted by Crippen LogP contribution is 2.32. The first-order valence-electron chi connectivity index (χ1n) is 11.3. The van der Waals surface area contributed by atoms with Crippen LogP contribution in [0.3, 0.4) is 0 Å². The van der Waals surface area contributed by atoms with E-state index in [4.69, 9.17) is 9.47 Å². The van der Waals surface area contributed by atoms with Gasteiger partial charge in [-0.1, -0.05) is 55.9 Å². The zero-order chi connectivity index (χ0) is 24.8. The van der Waals surface area contributed by atoms with Crippen molar-refractivity contribution in [3.63, 3.8) is 0 Å². The quantitative estimate of drug-likeness (QED) is 0.171. The Bertz CT molecular complexity index is 1280. The van der Waals surface area contributed by atoms with Gasteiger partial charge in [0.05, 0.1) is 22.7 Å². The van der Waals surface area contributed by atoms with Gasteiger partial charge in [-0.25, -0.2) is 0 Å². The van der Waals surface area contributed by atoms with Gasteiger partial charge in [0.2, 0.25) is 0 Å². The summed E-state index contributed by atoms with van der Waals surface area (Å²) in [6, 6.07) is 22.6. The molecule has 1 heterocycles. The van der Waals surface area contributed by atoms with Crippen LogP contribution in [-0.4, -0.2) is 28.5 Å². The largest absolute Gasteiger partial charge is 0.496 e. The predicted octanol–water partition coefficient (Wildman–Crippen LogP) is 7.72. The molecule has 0 radical (unpaired) electrons. The van der Waals surface area contributed by atoms with Crippen LogP contribution in [0.1, 0.15) is 30.8 Å². The minimum atomic E-state index is 0.481. The molecule has 0 spiro atoms. The van der Waals surface area contributed by atoms with E-state index in [0.29, 0.717) is 18.9 Å². The molecule has 0 amide bonds. The standard InChI is InChI=1S/C27H27Br2N3O2S/c1-18(2)16-34-25-12-10-20(14-23(25)29)17-35-27-31-30-26(32(27)21-7-5-4-6-8-21)15-19-9-11-24(33-3)22(28)13-19/h4-14,18H,15-17H2,1-3H3. The summed E-state index contributed by atoms with van der Waals surface area (Å²) in [5.74, 6) is 3.81. The molecule has 0 aliphatic heterocycles. The summed E-state index contributed by atoms with van der Waals surface area (Å²) >= 11 is 8.90. The summed E-state index contributed by atoms with van der Waals surface area (Å²) in [6.45, 7) is 4.98. The van der Waals surface area contributed by atoms with Gasteiger partial charge in [0.15, 0.2) is 5.16 Å². The van der Waals surface area contributed by atoms with Crippen molar-refractivity contribution in [1.29, 1.82) is 0 Å². The molecular weight excluding hydrogens is 590 g/mol. The lowest BCUT2D eigenvalue weighted by Crippen LogP contribution is -2.05. The highest BCUT2D eigenvalue weighted by atomic mass is 79.9. The first kappa shape index (κ1) is 25.8. The summed E-state index contributed by atoms with van der Waals surface area (Å²) in [5, 5.41) is 9.97. The van der Waals surface area contributed by atoms with Crippen molar-refractivity contribution in [2.24, 2.45) is 5.92 Å². The average molecular weight is 617 g/mol. The molecule has 0 atom stereocenters. The SMILES string of the molecule is COc1ccc(Cc2nnc(SCc3ccc(OCC(C)C)c(Br)c3)n2-c2ccccc2)cc1Br. The first-order valence-corrected chi connectivity index (χ1v) is 13.9. The third kappa shape index (κ3) is 6.68. The molecule has 4 rings (SSSR count). The number of aromatic nitrogens is 3. The minimum absolute atomic E-state index is 0.481. The molecule has 4 aromatic rings. The van der Waals surface area contributed by atoms with Crippen LogP contribution >= 0.6 is 43.6 Å². The van der Waals surface area contributed by atoms with Crippen LogP contribution in [0.5, 0.6) is 11.5 Å². The van der Waals surface area contributed by atoms with Gasteiger partial charge < -0.3 is 9.47 Å². The van der Waals surface area contributed by atoms with Gasteiger partial charge in [0.25, 0.3) is 0 Å². The summed E-state index contributed by atoms with van der Waals surface area (Å²) < 4.78 is 15.3. The number of ether oxygens (including phenoxy) is 2. The normalized spacial score (nSPS) is 11.1. The summed E-state index contributed by atoms with van der Waals surface area (Å²) in [4.78, 5) is 0. The summed E-state index contributed by atoms with van der Waals surface area (Å²) in [6.07, 6.45) is 0.651. The van der Waals surface area contributed by atoms with Crippen molar-refractivity contribution in [2.75, 3.05) is 13.7 Å². The molecule has 182 valence electrons. The summed E-state index contributed by atoms with van der Waals surface area (Å²) in [5.41, 5.74) is 3.35. The Morgan fingerprint density at radius 2 is 1.57 bits per heavy atom. The van der Waals surface area contributed by atoms with Crippen LogP contribution in [0, 0.1) is 5.92 Å². The zero-order valence-corrected chi connectivity index (χ0v) is 23.9. The van der Waals surface area contributed by atoms with E-state index in [-0.39, 0.29) is 0 Å². The number of benzene rings is 3. The lowest BCUT2D eigenvalue weighted by molar-refractivity contribution is 0.269. The molecule has 0 saturated carbocycles. The molecule has 0 aliphatic rings. The van der Waals surface area contributed by atoms with Gasteiger partial charge in [-0.15, -0.1) is 10.2 Å². The highest BCUT2D eigenvalue weighted by Gasteiger charge is 2.16. The average Bonchev–Trinajstić information content (AvgIpc) is 3.25. The molecule has 0 fully saturated rings. The monoisotopic (exact) mass is 615 g/mol. The van der Waals surface area contributed by atoms with E-state index in [0.717, 1.165) is 48.4 Å². The maximum atomic E-state index is 5.88. The first-order chi connectivity index (χ1) is 16.9.